The van der Waals surface area contributed by atoms with Crippen LogP contribution in [0.25, 0.3) is 0 Å². The zero-order chi connectivity index (χ0) is 19.2. The number of carboxylic acid groups (broad SMARTS) is 1. The second-order valence-electron chi connectivity index (χ2n) is 6.01. The van der Waals surface area contributed by atoms with E-state index >= 15 is 0 Å². The van der Waals surface area contributed by atoms with Gasteiger partial charge in [-0.3, -0.25) is 4.79 Å². The number of pyridine rings is 1. The van der Waals surface area contributed by atoms with Gasteiger partial charge in [-0.2, -0.15) is 13.2 Å². The minimum atomic E-state index is -4.42. The van der Waals surface area contributed by atoms with E-state index in [1.54, 1.807) is 6.07 Å². The van der Waals surface area contributed by atoms with Crippen molar-refractivity contribution in [2.75, 3.05) is 26.2 Å². The number of carbonyl (C=O) groups excluding carboxylic acids is 1. The molecule has 26 heavy (non-hydrogen) atoms. The molecule has 0 radical (unpaired) electrons. The lowest BCUT2D eigenvalue weighted by molar-refractivity contribution is -0.154. The third kappa shape index (κ3) is 6.41. The maximum absolute atomic E-state index is 12.1. The molecule has 1 aromatic rings. The van der Waals surface area contributed by atoms with Gasteiger partial charge >= 0.3 is 18.2 Å². The second-order valence-corrected chi connectivity index (χ2v) is 6.01. The molecule has 1 atom stereocenters. The SMILES string of the molecule is O=C(O)C1CCCN(C(=O)NCCc2ccc(OCC(F)(F)F)nc2)C1. The number of hydrogen-bond donors (Lipinski definition) is 2. The molecule has 10 heteroatoms. The molecule has 0 aromatic carbocycles. The molecule has 1 fully saturated rings. The lowest BCUT2D eigenvalue weighted by Crippen LogP contribution is -2.47. The monoisotopic (exact) mass is 375 g/mol. The number of ether oxygens (including phenoxy) is 1. The molecule has 7 nitrogen and oxygen atoms in total. The number of piperidine rings is 1. The van der Waals surface area contributed by atoms with Crippen molar-refractivity contribution in [3.63, 3.8) is 0 Å². The van der Waals surface area contributed by atoms with E-state index in [0.29, 0.717) is 32.4 Å². The smallest absolute Gasteiger partial charge is 0.422 e. The van der Waals surface area contributed by atoms with E-state index in [0.717, 1.165) is 5.56 Å². The molecule has 1 saturated heterocycles. The number of urea groups is 1. The Labute approximate surface area is 148 Å². The number of nitrogens with one attached hydrogen (secondary N) is 1. The normalized spacial score (nSPS) is 17.7. The molecule has 2 amide bonds. The summed E-state index contributed by atoms with van der Waals surface area (Å²) < 4.78 is 40.7. The molecule has 2 N–H and O–H groups in total. The van der Waals surface area contributed by atoms with Crippen molar-refractivity contribution >= 4 is 12.0 Å². The minimum absolute atomic E-state index is 0.122. The molecule has 2 rings (SSSR count). The predicted molar refractivity (Wildman–Crippen MR) is 84.8 cm³/mol. The lowest BCUT2D eigenvalue weighted by Gasteiger charge is -2.30. The van der Waals surface area contributed by atoms with Crippen molar-refractivity contribution < 1.29 is 32.6 Å². The van der Waals surface area contributed by atoms with Crippen LogP contribution in [-0.2, 0) is 11.2 Å². The molecule has 0 bridgehead atoms. The molecule has 0 spiro atoms. The number of rotatable bonds is 6. The van der Waals surface area contributed by atoms with Crippen molar-refractivity contribution in [2.24, 2.45) is 5.92 Å². The fourth-order valence-corrected chi connectivity index (χ4v) is 2.59. The van der Waals surface area contributed by atoms with Gasteiger partial charge < -0.3 is 20.1 Å². The molecule has 1 aromatic heterocycles. The van der Waals surface area contributed by atoms with Gasteiger partial charge in [0.25, 0.3) is 0 Å². The van der Waals surface area contributed by atoms with Gasteiger partial charge in [0.2, 0.25) is 5.88 Å². The van der Waals surface area contributed by atoms with Gasteiger partial charge in [0.05, 0.1) is 5.92 Å². The van der Waals surface area contributed by atoms with E-state index in [2.05, 4.69) is 15.0 Å². The molecule has 1 unspecified atom stereocenters. The van der Waals surface area contributed by atoms with Crippen molar-refractivity contribution in [1.82, 2.24) is 15.2 Å². The number of carbonyl (C=O) groups is 2. The van der Waals surface area contributed by atoms with E-state index in [4.69, 9.17) is 5.11 Å². The van der Waals surface area contributed by atoms with Crippen LogP contribution in [-0.4, -0.2) is 59.4 Å². The number of carboxylic acids is 1. The highest BCUT2D eigenvalue weighted by Gasteiger charge is 2.29. The van der Waals surface area contributed by atoms with E-state index in [-0.39, 0.29) is 18.5 Å². The summed E-state index contributed by atoms with van der Waals surface area (Å²) in [6.07, 6.45) is -1.38. The highest BCUT2D eigenvalue weighted by atomic mass is 19.4. The van der Waals surface area contributed by atoms with Crippen LogP contribution in [0.15, 0.2) is 18.3 Å². The number of hydrogen-bond acceptors (Lipinski definition) is 4. The van der Waals surface area contributed by atoms with E-state index in [1.165, 1.54) is 17.2 Å². The average Bonchev–Trinajstić information content (AvgIpc) is 2.60. The number of aliphatic carboxylic acids is 1. The summed E-state index contributed by atoms with van der Waals surface area (Å²) in [5.41, 5.74) is 0.728. The Kier molecular flexibility index (Phi) is 6.64. The fourth-order valence-electron chi connectivity index (χ4n) is 2.59. The number of nitrogens with zero attached hydrogens (tertiary/aromatic N) is 2. The van der Waals surface area contributed by atoms with Gasteiger partial charge in [-0.1, -0.05) is 6.07 Å². The van der Waals surface area contributed by atoms with Gasteiger partial charge in [-0.15, -0.1) is 0 Å². The van der Waals surface area contributed by atoms with Gasteiger partial charge in [0, 0.05) is 31.9 Å². The van der Waals surface area contributed by atoms with E-state index in [1.807, 2.05) is 0 Å². The molecule has 1 aliphatic heterocycles. The first-order valence-electron chi connectivity index (χ1n) is 8.14. The van der Waals surface area contributed by atoms with Crippen LogP contribution >= 0.6 is 0 Å². The van der Waals surface area contributed by atoms with Gasteiger partial charge in [0.15, 0.2) is 6.61 Å². The van der Waals surface area contributed by atoms with Crippen LogP contribution in [0.2, 0.25) is 0 Å². The Morgan fingerprint density at radius 2 is 2.15 bits per heavy atom. The van der Waals surface area contributed by atoms with E-state index < -0.39 is 24.7 Å². The summed E-state index contributed by atoms with van der Waals surface area (Å²) in [7, 11) is 0. The Morgan fingerprint density at radius 3 is 2.77 bits per heavy atom. The Hall–Kier alpha value is -2.52. The highest BCUT2D eigenvalue weighted by Crippen LogP contribution is 2.18. The number of amides is 2. The number of likely N-dealkylation sites (tertiary alicyclic amines) is 1. The van der Waals surface area contributed by atoms with Crippen LogP contribution in [0.5, 0.6) is 5.88 Å². The first-order chi connectivity index (χ1) is 12.2. The number of halogens is 3. The summed E-state index contributed by atoms with van der Waals surface area (Å²) >= 11 is 0. The Balaban J connectivity index is 1.73. The minimum Gasteiger partial charge on any atom is -0.481 e. The number of alkyl halides is 3. The van der Waals surface area contributed by atoms with Crippen LogP contribution in [0.4, 0.5) is 18.0 Å². The first-order valence-corrected chi connectivity index (χ1v) is 8.14. The van der Waals surface area contributed by atoms with Crippen molar-refractivity contribution in [3.8, 4) is 5.88 Å². The molecule has 0 saturated carbocycles. The second kappa shape index (κ2) is 8.72. The largest absolute Gasteiger partial charge is 0.481 e. The first kappa shape index (κ1) is 19.8. The Morgan fingerprint density at radius 1 is 1.38 bits per heavy atom. The van der Waals surface area contributed by atoms with Crippen molar-refractivity contribution in [2.45, 2.75) is 25.4 Å². The summed E-state index contributed by atoms with van der Waals surface area (Å²) in [5, 5.41) is 11.7. The average molecular weight is 375 g/mol. The molecular formula is C16H20F3N3O4. The van der Waals surface area contributed by atoms with Gasteiger partial charge in [-0.25, -0.2) is 9.78 Å². The zero-order valence-electron chi connectivity index (χ0n) is 14.0. The zero-order valence-corrected chi connectivity index (χ0v) is 14.0. The van der Waals surface area contributed by atoms with Crippen LogP contribution < -0.4 is 10.1 Å². The van der Waals surface area contributed by atoms with Gasteiger partial charge in [0.1, 0.15) is 0 Å². The van der Waals surface area contributed by atoms with E-state index in [9.17, 15) is 22.8 Å². The quantitative estimate of drug-likeness (QED) is 0.794. The summed E-state index contributed by atoms with van der Waals surface area (Å²) in [4.78, 5) is 28.4. The maximum atomic E-state index is 12.1. The van der Waals surface area contributed by atoms with Gasteiger partial charge in [-0.05, 0) is 24.8 Å². The van der Waals surface area contributed by atoms with Crippen molar-refractivity contribution in [1.29, 1.82) is 0 Å². The van der Waals surface area contributed by atoms with Crippen LogP contribution in [0, 0.1) is 5.92 Å². The molecule has 1 aliphatic rings. The van der Waals surface area contributed by atoms with Crippen molar-refractivity contribution in [3.05, 3.63) is 23.9 Å². The van der Waals surface area contributed by atoms with Crippen LogP contribution in [0.3, 0.4) is 0 Å². The highest BCUT2D eigenvalue weighted by molar-refractivity contribution is 5.76. The third-order valence-electron chi connectivity index (χ3n) is 3.93. The predicted octanol–water partition coefficient (Wildman–Crippen LogP) is 2.07. The Bertz CT molecular complexity index is 622. The summed E-state index contributed by atoms with van der Waals surface area (Å²) in [6.45, 7) is -0.392. The summed E-state index contributed by atoms with van der Waals surface area (Å²) in [5.74, 6) is -1.56. The number of aromatic nitrogens is 1. The van der Waals surface area contributed by atoms with Crippen LogP contribution in [0.1, 0.15) is 18.4 Å². The molecule has 144 valence electrons. The third-order valence-corrected chi connectivity index (χ3v) is 3.93. The fraction of sp³-hybridized carbons (Fsp3) is 0.562. The lowest BCUT2D eigenvalue weighted by atomic mass is 9.99. The standard InChI is InChI=1S/C16H20F3N3O4/c17-16(18,19)10-26-13-4-3-11(8-21-13)5-6-20-15(25)22-7-1-2-12(9-22)14(23)24/h3-4,8,12H,1-2,5-7,9-10H2,(H,20,25)(H,23,24). The summed E-state index contributed by atoms with van der Waals surface area (Å²) in [6, 6.07) is 2.59. The molecule has 0 aliphatic carbocycles. The maximum Gasteiger partial charge on any atom is 0.422 e. The topological polar surface area (TPSA) is 91.8 Å². The molecular weight excluding hydrogens is 355 g/mol. The molecule has 2 heterocycles.